The molecule has 10 nitrogen and oxygen atoms in total. The van der Waals surface area contributed by atoms with E-state index in [-0.39, 0.29) is 18.0 Å². The Hall–Kier alpha value is -4.21. The van der Waals surface area contributed by atoms with E-state index < -0.39 is 5.56 Å². The summed E-state index contributed by atoms with van der Waals surface area (Å²) >= 11 is 0. The van der Waals surface area contributed by atoms with Crippen LogP contribution in [-0.2, 0) is 17.9 Å². The summed E-state index contributed by atoms with van der Waals surface area (Å²) in [6, 6.07) is 14.5. The third-order valence-electron chi connectivity index (χ3n) is 4.63. The van der Waals surface area contributed by atoms with E-state index in [0.29, 0.717) is 23.6 Å². The summed E-state index contributed by atoms with van der Waals surface area (Å²) in [5.41, 5.74) is 1.49. The average molecular weight is 420 g/mol. The second-order valence-corrected chi connectivity index (χ2v) is 6.73. The summed E-state index contributed by atoms with van der Waals surface area (Å²) < 4.78 is 13.1. The van der Waals surface area contributed by atoms with Crippen LogP contribution < -0.4 is 20.3 Å². The molecule has 0 bridgehead atoms. The first kappa shape index (κ1) is 20.1. The smallest absolute Gasteiger partial charge is 0.283 e. The Morgan fingerprint density at radius 1 is 1.06 bits per heavy atom. The molecule has 158 valence electrons. The normalized spacial score (nSPS) is 10.8. The molecule has 0 saturated heterocycles. The number of carbonyl (C=O) groups is 1. The van der Waals surface area contributed by atoms with E-state index in [2.05, 4.69) is 20.6 Å². The van der Waals surface area contributed by atoms with Crippen molar-refractivity contribution in [2.24, 2.45) is 0 Å². The predicted molar refractivity (Wildman–Crippen MR) is 113 cm³/mol. The fraction of sp³-hybridized carbons (Fsp3) is 0.190. The number of rotatable bonds is 7. The summed E-state index contributed by atoms with van der Waals surface area (Å²) in [7, 11) is 3.14. The molecule has 0 radical (unpaired) electrons. The number of methoxy groups -OCH3 is 2. The van der Waals surface area contributed by atoms with Crippen LogP contribution in [0.3, 0.4) is 0 Å². The Labute approximate surface area is 177 Å². The third kappa shape index (κ3) is 4.37. The van der Waals surface area contributed by atoms with Crippen molar-refractivity contribution in [3.05, 3.63) is 70.8 Å². The number of carbonyl (C=O) groups excluding carboxylic acids is 1. The molecule has 1 amide bonds. The standard InChI is InChI=1S/C21H20N6O4/c1-30-16-7-3-5-14(9-16)11-27-20-19(24-25-27)21(29)26(13-22-20)12-18(28)23-15-6-4-8-17(10-15)31-2/h3-10,13H,11-12H2,1-2H3,(H,23,28). The van der Waals surface area contributed by atoms with Gasteiger partial charge in [-0.05, 0) is 29.8 Å². The van der Waals surface area contributed by atoms with Gasteiger partial charge in [-0.1, -0.05) is 23.4 Å². The summed E-state index contributed by atoms with van der Waals surface area (Å²) in [5.74, 6) is 0.963. The SMILES string of the molecule is COc1cccc(Cn2nnc3c(=O)n(CC(=O)Nc4cccc(OC)c4)cnc32)c1. The van der Waals surface area contributed by atoms with Gasteiger partial charge in [-0.15, -0.1) is 5.10 Å². The molecule has 0 saturated carbocycles. The minimum Gasteiger partial charge on any atom is -0.497 e. The Balaban J connectivity index is 1.53. The van der Waals surface area contributed by atoms with E-state index in [0.717, 1.165) is 11.3 Å². The fourth-order valence-corrected chi connectivity index (χ4v) is 3.11. The van der Waals surface area contributed by atoms with Gasteiger partial charge in [0.1, 0.15) is 24.4 Å². The van der Waals surface area contributed by atoms with Crippen molar-refractivity contribution in [1.29, 1.82) is 0 Å². The van der Waals surface area contributed by atoms with Gasteiger partial charge in [-0.25, -0.2) is 9.67 Å². The van der Waals surface area contributed by atoms with Crippen molar-refractivity contribution >= 4 is 22.8 Å². The highest BCUT2D eigenvalue weighted by Gasteiger charge is 2.14. The number of hydrogen-bond acceptors (Lipinski definition) is 7. The molecule has 4 aromatic rings. The van der Waals surface area contributed by atoms with Crippen molar-refractivity contribution in [3.8, 4) is 11.5 Å². The van der Waals surface area contributed by atoms with Crippen LogP contribution in [0.4, 0.5) is 5.69 Å². The van der Waals surface area contributed by atoms with E-state index in [1.54, 1.807) is 38.5 Å². The van der Waals surface area contributed by atoms with E-state index >= 15 is 0 Å². The van der Waals surface area contributed by atoms with Crippen molar-refractivity contribution in [2.45, 2.75) is 13.1 Å². The molecule has 10 heteroatoms. The zero-order valence-electron chi connectivity index (χ0n) is 17.0. The Morgan fingerprint density at radius 2 is 1.81 bits per heavy atom. The Morgan fingerprint density at radius 3 is 2.58 bits per heavy atom. The third-order valence-corrected chi connectivity index (χ3v) is 4.63. The first-order valence-electron chi connectivity index (χ1n) is 9.43. The number of amides is 1. The van der Waals surface area contributed by atoms with Gasteiger partial charge in [0.05, 0.1) is 20.8 Å². The average Bonchev–Trinajstić information content (AvgIpc) is 3.19. The summed E-state index contributed by atoms with van der Waals surface area (Å²) in [4.78, 5) is 29.5. The minimum atomic E-state index is -0.442. The van der Waals surface area contributed by atoms with Gasteiger partial charge in [0.2, 0.25) is 5.91 Å². The van der Waals surface area contributed by atoms with Gasteiger partial charge >= 0.3 is 0 Å². The molecule has 4 rings (SSSR count). The van der Waals surface area contributed by atoms with E-state index in [1.165, 1.54) is 15.6 Å². The molecule has 0 atom stereocenters. The van der Waals surface area contributed by atoms with Crippen LogP contribution in [-0.4, -0.2) is 44.7 Å². The molecule has 0 aliphatic rings. The van der Waals surface area contributed by atoms with Crippen molar-refractivity contribution in [2.75, 3.05) is 19.5 Å². The number of anilines is 1. The zero-order chi connectivity index (χ0) is 21.8. The zero-order valence-corrected chi connectivity index (χ0v) is 17.0. The highest BCUT2D eigenvalue weighted by atomic mass is 16.5. The molecule has 1 N–H and O–H groups in total. The minimum absolute atomic E-state index is 0.0968. The lowest BCUT2D eigenvalue weighted by atomic mass is 10.2. The number of ether oxygens (including phenoxy) is 2. The van der Waals surface area contributed by atoms with Gasteiger partial charge in [-0.2, -0.15) is 0 Å². The molecular weight excluding hydrogens is 400 g/mol. The van der Waals surface area contributed by atoms with Crippen LogP contribution in [0.25, 0.3) is 11.2 Å². The van der Waals surface area contributed by atoms with Crippen LogP contribution in [0, 0.1) is 0 Å². The van der Waals surface area contributed by atoms with Crippen LogP contribution in [0.5, 0.6) is 11.5 Å². The molecular formula is C21H20N6O4. The molecule has 2 aromatic carbocycles. The lowest BCUT2D eigenvalue weighted by Crippen LogP contribution is -2.28. The maximum atomic E-state index is 12.8. The second kappa shape index (κ2) is 8.66. The molecule has 2 heterocycles. The van der Waals surface area contributed by atoms with Crippen LogP contribution in [0.2, 0.25) is 0 Å². The molecule has 31 heavy (non-hydrogen) atoms. The number of benzene rings is 2. The highest BCUT2D eigenvalue weighted by molar-refractivity contribution is 5.90. The van der Waals surface area contributed by atoms with Crippen LogP contribution >= 0.6 is 0 Å². The van der Waals surface area contributed by atoms with Crippen LogP contribution in [0.15, 0.2) is 59.7 Å². The monoisotopic (exact) mass is 420 g/mol. The van der Waals surface area contributed by atoms with Gasteiger partial charge in [0.25, 0.3) is 5.56 Å². The summed E-state index contributed by atoms with van der Waals surface area (Å²) in [6.45, 7) is 0.169. The first-order chi connectivity index (χ1) is 15.1. The van der Waals surface area contributed by atoms with Crippen molar-refractivity contribution < 1.29 is 14.3 Å². The first-order valence-corrected chi connectivity index (χ1v) is 9.43. The largest absolute Gasteiger partial charge is 0.497 e. The molecule has 0 fully saturated rings. The molecule has 0 aliphatic heterocycles. The van der Waals surface area contributed by atoms with Gasteiger partial charge in [0.15, 0.2) is 11.2 Å². The van der Waals surface area contributed by atoms with E-state index in [4.69, 9.17) is 9.47 Å². The quantitative estimate of drug-likeness (QED) is 0.484. The second-order valence-electron chi connectivity index (χ2n) is 6.73. The van der Waals surface area contributed by atoms with E-state index in [9.17, 15) is 9.59 Å². The summed E-state index contributed by atoms with van der Waals surface area (Å²) in [6.07, 6.45) is 1.32. The maximum Gasteiger partial charge on any atom is 0.283 e. The summed E-state index contributed by atoms with van der Waals surface area (Å²) in [5, 5.41) is 10.7. The Kier molecular flexibility index (Phi) is 5.61. The number of nitrogens with one attached hydrogen (secondary N) is 1. The molecule has 0 spiro atoms. The van der Waals surface area contributed by atoms with E-state index in [1.807, 2.05) is 24.3 Å². The van der Waals surface area contributed by atoms with Crippen LogP contribution in [0.1, 0.15) is 5.56 Å². The van der Waals surface area contributed by atoms with Gasteiger partial charge in [0, 0.05) is 11.8 Å². The van der Waals surface area contributed by atoms with Crippen molar-refractivity contribution in [1.82, 2.24) is 24.5 Å². The number of nitrogens with zero attached hydrogens (tertiary/aromatic N) is 5. The van der Waals surface area contributed by atoms with Gasteiger partial charge < -0.3 is 14.8 Å². The van der Waals surface area contributed by atoms with Crippen molar-refractivity contribution in [3.63, 3.8) is 0 Å². The number of hydrogen-bond donors (Lipinski definition) is 1. The Bertz CT molecular complexity index is 1300. The van der Waals surface area contributed by atoms with Gasteiger partial charge in [-0.3, -0.25) is 14.2 Å². The number of fused-ring (bicyclic) bond motifs is 1. The maximum absolute atomic E-state index is 12.8. The highest BCUT2D eigenvalue weighted by Crippen LogP contribution is 2.17. The molecule has 2 aromatic heterocycles. The molecule has 0 unspecified atom stereocenters. The lowest BCUT2D eigenvalue weighted by molar-refractivity contribution is -0.116. The molecule has 0 aliphatic carbocycles. The number of aromatic nitrogens is 5. The fourth-order valence-electron chi connectivity index (χ4n) is 3.11. The topological polar surface area (TPSA) is 113 Å². The predicted octanol–water partition coefficient (Wildman–Crippen LogP) is 1.69. The lowest BCUT2D eigenvalue weighted by Gasteiger charge is -2.08.